The Morgan fingerprint density at radius 2 is 1.87 bits per heavy atom. The smallest absolute Gasteiger partial charge is 0.210 e. The first-order valence-electron chi connectivity index (χ1n) is 7.31. The number of rotatable bonds is 6. The number of hydrogen-bond donors (Lipinski definition) is 0. The van der Waals surface area contributed by atoms with Gasteiger partial charge in [-0.25, -0.2) is 22.4 Å². The third-order valence-electron chi connectivity index (χ3n) is 3.49. The third kappa shape index (κ3) is 4.53. The van der Waals surface area contributed by atoms with E-state index in [0.717, 1.165) is 17.3 Å². The Hall–Kier alpha value is -1.44. The van der Waals surface area contributed by atoms with Crippen molar-refractivity contribution in [2.24, 2.45) is 0 Å². The predicted molar refractivity (Wildman–Crippen MR) is 91.6 cm³/mol. The molecular weight excluding hydrogens is 336 g/mol. The van der Waals surface area contributed by atoms with Gasteiger partial charge < -0.3 is 0 Å². The van der Waals surface area contributed by atoms with Crippen molar-refractivity contribution in [3.05, 3.63) is 40.9 Å². The normalized spacial score (nSPS) is 12.3. The number of sulfonamides is 1. The molecule has 0 N–H and O–H groups in total. The van der Waals surface area contributed by atoms with Crippen LogP contribution in [-0.4, -0.2) is 47.3 Å². The van der Waals surface area contributed by atoms with Crippen molar-refractivity contribution in [1.82, 2.24) is 19.1 Å². The van der Waals surface area contributed by atoms with Gasteiger partial charge in [0.2, 0.25) is 10.0 Å². The maximum Gasteiger partial charge on any atom is 0.210 e. The highest BCUT2D eigenvalue weighted by Crippen LogP contribution is 2.18. The maximum atomic E-state index is 11.5. The lowest BCUT2D eigenvalue weighted by molar-refractivity contribution is 0.472. The van der Waals surface area contributed by atoms with Gasteiger partial charge in [0.15, 0.2) is 5.82 Å². The van der Waals surface area contributed by atoms with Crippen molar-refractivity contribution in [3.63, 3.8) is 0 Å². The second kappa shape index (κ2) is 6.98. The Balaban J connectivity index is 2.32. The second-order valence-electron chi connectivity index (χ2n) is 5.76. The standard InChI is InChI=1S/C15H21ClN4O2S/c1-11(2)15-17-14(9-10-19(3)23(4,21)22)20(18-15)13-7-5-12(16)6-8-13/h5-8,11H,9-10H2,1-4H3. The number of nitrogens with zero attached hydrogens (tertiary/aromatic N) is 4. The molecule has 6 nitrogen and oxygen atoms in total. The Morgan fingerprint density at radius 3 is 2.39 bits per heavy atom. The van der Waals surface area contributed by atoms with Crippen LogP contribution >= 0.6 is 11.6 Å². The molecule has 0 saturated carbocycles. The monoisotopic (exact) mass is 356 g/mol. The van der Waals surface area contributed by atoms with Gasteiger partial charge in [-0.2, -0.15) is 5.10 Å². The van der Waals surface area contributed by atoms with Crippen molar-refractivity contribution in [2.45, 2.75) is 26.2 Å². The van der Waals surface area contributed by atoms with E-state index < -0.39 is 10.0 Å². The molecule has 23 heavy (non-hydrogen) atoms. The molecule has 0 fully saturated rings. The highest BCUT2D eigenvalue weighted by atomic mass is 35.5. The second-order valence-corrected chi connectivity index (χ2v) is 8.29. The van der Waals surface area contributed by atoms with Crippen LogP contribution in [-0.2, 0) is 16.4 Å². The summed E-state index contributed by atoms with van der Waals surface area (Å²) in [5, 5.41) is 5.19. The van der Waals surface area contributed by atoms with Crippen LogP contribution in [0.15, 0.2) is 24.3 Å². The molecule has 1 heterocycles. The van der Waals surface area contributed by atoms with Gasteiger partial charge in [-0.05, 0) is 24.3 Å². The molecule has 0 aliphatic heterocycles. The summed E-state index contributed by atoms with van der Waals surface area (Å²) in [5.74, 6) is 1.65. The van der Waals surface area contributed by atoms with E-state index in [-0.39, 0.29) is 5.92 Å². The summed E-state index contributed by atoms with van der Waals surface area (Å²) in [6.45, 7) is 4.39. The van der Waals surface area contributed by atoms with Crippen molar-refractivity contribution >= 4 is 21.6 Å². The molecule has 8 heteroatoms. The SMILES string of the molecule is CC(C)c1nc(CCN(C)S(C)(=O)=O)n(-c2ccc(Cl)cc2)n1. The lowest BCUT2D eigenvalue weighted by atomic mass is 10.2. The first-order chi connectivity index (χ1) is 10.7. The molecule has 0 spiro atoms. The van der Waals surface area contributed by atoms with Crippen molar-refractivity contribution in [3.8, 4) is 5.69 Å². The van der Waals surface area contributed by atoms with Gasteiger partial charge >= 0.3 is 0 Å². The number of hydrogen-bond acceptors (Lipinski definition) is 4. The molecule has 0 amide bonds. The third-order valence-corrected chi connectivity index (χ3v) is 5.06. The van der Waals surface area contributed by atoms with Crippen LogP contribution in [0, 0.1) is 0 Å². The van der Waals surface area contributed by atoms with Crippen LogP contribution in [0.4, 0.5) is 0 Å². The quantitative estimate of drug-likeness (QED) is 0.797. The molecule has 0 unspecified atom stereocenters. The molecule has 1 aromatic carbocycles. The highest BCUT2D eigenvalue weighted by molar-refractivity contribution is 7.88. The Bertz CT molecular complexity index is 769. The predicted octanol–water partition coefficient (Wildman–Crippen LogP) is 2.48. The topological polar surface area (TPSA) is 68.1 Å². The fraction of sp³-hybridized carbons (Fsp3) is 0.467. The summed E-state index contributed by atoms with van der Waals surface area (Å²) in [7, 11) is -1.65. The molecule has 0 aliphatic carbocycles. The minimum atomic E-state index is -3.21. The van der Waals surface area contributed by atoms with Crippen LogP contribution in [0.3, 0.4) is 0 Å². The van der Waals surface area contributed by atoms with Crippen LogP contribution < -0.4 is 0 Å². The average Bonchev–Trinajstić information content (AvgIpc) is 2.89. The highest BCUT2D eigenvalue weighted by Gasteiger charge is 2.17. The van der Waals surface area contributed by atoms with Crippen LogP contribution in [0.5, 0.6) is 0 Å². The first kappa shape index (κ1) is 17.9. The molecule has 2 aromatic rings. The van der Waals surface area contributed by atoms with Crippen LogP contribution in [0.1, 0.15) is 31.4 Å². The summed E-state index contributed by atoms with van der Waals surface area (Å²) >= 11 is 5.93. The maximum absolute atomic E-state index is 11.5. The molecule has 0 saturated heterocycles. The lowest BCUT2D eigenvalue weighted by Crippen LogP contribution is -2.28. The van der Waals surface area contributed by atoms with E-state index in [9.17, 15) is 8.42 Å². The molecule has 2 rings (SSSR count). The summed E-state index contributed by atoms with van der Waals surface area (Å²) in [6.07, 6.45) is 1.67. The zero-order valence-electron chi connectivity index (χ0n) is 13.7. The van der Waals surface area contributed by atoms with E-state index in [1.54, 1.807) is 23.9 Å². The average molecular weight is 357 g/mol. The van der Waals surface area contributed by atoms with Gasteiger partial charge in [0.25, 0.3) is 0 Å². The molecule has 0 bridgehead atoms. The molecule has 0 atom stereocenters. The van der Waals surface area contributed by atoms with Gasteiger partial charge in [-0.15, -0.1) is 0 Å². The summed E-state index contributed by atoms with van der Waals surface area (Å²) in [6, 6.07) is 7.32. The van der Waals surface area contributed by atoms with E-state index in [1.807, 2.05) is 26.0 Å². The molecule has 1 aromatic heterocycles. The fourth-order valence-corrected chi connectivity index (χ4v) is 2.53. The summed E-state index contributed by atoms with van der Waals surface area (Å²) in [4.78, 5) is 4.56. The Morgan fingerprint density at radius 1 is 1.26 bits per heavy atom. The van der Waals surface area contributed by atoms with E-state index in [0.29, 0.717) is 18.0 Å². The summed E-state index contributed by atoms with van der Waals surface area (Å²) < 4.78 is 26.1. The number of benzene rings is 1. The van der Waals surface area contributed by atoms with Crippen molar-refractivity contribution in [2.75, 3.05) is 19.8 Å². The molecule has 0 radical (unpaired) electrons. The van der Waals surface area contributed by atoms with E-state index in [1.165, 1.54) is 10.6 Å². The number of likely N-dealkylation sites (N-methyl/N-ethyl adjacent to an activating group) is 1. The van der Waals surface area contributed by atoms with Crippen molar-refractivity contribution in [1.29, 1.82) is 0 Å². The zero-order chi connectivity index (χ0) is 17.2. The summed E-state index contributed by atoms with van der Waals surface area (Å²) in [5.41, 5.74) is 0.853. The van der Waals surface area contributed by atoms with E-state index in [2.05, 4.69) is 10.1 Å². The first-order valence-corrected chi connectivity index (χ1v) is 9.54. The largest absolute Gasteiger partial charge is 0.218 e. The van der Waals surface area contributed by atoms with Gasteiger partial charge in [0.1, 0.15) is 5.82 Å². The Kier molecular flexibility index (Phi) is 5.44. The van der Waals surface area contributed by atoms with Crippen LogP contribution in [0.2, 0.25) is 5.02 Å². The lowest BCUT2D eigenvalue weighted by Gasteiger charge is -2.13. The molecule has 126 valence electrons. The van der Waals surface area contributed by atoms with Gasteiger partial charge in [0.05, 0.1) is 11.9 Å². The van der Waals surface area contributed by atoms with Gasteiger partial charge in [0, 0.05) is 31.0 Å². The number of aromatic nitrogens is 3. The van der Waals surface area contributed by atoms with Crippen molar-refractivity contribution < 1.29 is 8.42 Å². The fourth-order valence-electron chi connectivity index (χ4n) is 1.98. The van der Waals surface area contributed by atoms with Gasteiger partial charge in [-0.1, -0.05) is 25.4 Å². The van der Waals surface area contributed by atoms with Gasteiger partial charge in [-0.3, -0.25) is 0 Å². The minimum Gasteiger partial charge on any atom is -0.218 e. The van der Waals surface area contributed by atoms with E-state index >= 15 is 0 Å². The minimum absolute atomic E-state index is 0.190. The molecule has 0 aliphatic rings. The van der Waals surface area contributed by atoms with E-state index in [4.69, 9.17) is 11.6 Å². The number of halogens is 1. The Labute approximate surface area is 142 Å². The van der Waals surface area contributed by atoms with Crippen LogP contribution in [0.25, 0.3) is 5.69 Å². The molecular formula is C15H21ClN4O2S. The zero-order valence-corrected chi connectivity index (χ0v) is 15.3.